The molecule has 0 saturated heterocycles. The number of nitrogens with one attached hydrogen (secondary N) is 2. The third-order valence-electron chi connectivity index (χ3n) is 4.03. The van der Waals surface area contributed by atoms with Crippen molar-refractivity contribution in [3.8, 4) is 0 Å². The highest BCUT2D eigenvalue weighted by Crippen LogP contribution is 2.29. The molecular weight excluding hydrogens is 475 g/mol. The average Bonchev–Trinajstić information content (AvgIpc) is 2.74. The molecule has 0 unspecified atom stereocenters. The first-order valence-corrected chi connectivity index (χ1v) is 11.3. The minimum atomic E-state index is -4.08. The summed E-state index contributed by atoms with van der Waals surface area (Å²) >= 11 is 12.0. The van der Waals surface area contributed by atoms with Crippen LogP contribution in [0.25, 0.3) is 6.08 Å². The lowest BCUT2D eigenvalue weighted by Crippen LogP contribution is -2.13. The van der Waals surface area contributed by atoms with Gasteiger partial charge in [0.15, 0.2) is 0 Å². The zero-order valence-electron chi connectivity index (χ0n) is 16.3. The fourth-order valence-electron chi connectivity index (χ4n) is 2.60. The van der Waals surface area contributed by atoms with Crippen molar-refractivity contribution in [2.75, 3.05) is 10.1 Å². The second-order valence-electron chi connectivity index (χ2n) is 6.36. The minimum Gasteiger partial charge on any atom is -0.280 e. The van der Waals surface area contributed by atoms with E-state index < -0.39 is 20.6 Å². The first-order valence-electron chi connectivity index (χ1n) is 9.03. The lowest BCUT2D eigenvalue weighted by molar-refractivity contribution is -0.384. The van der Waals surface area contributed by atoms with Crippen molar-refractivity contribution in [2.45, 2.75) is 4.90 Å². The summed E-state index contributed by atoms with van der Waals surface area (Å²) in [6.07, 6.45) is 2.95. The number of rotatable bonds is 8. The second-order valence-corrected chi connectivity index (χ2v) is 8.92. The van der Waals surface area contributed by atoms with Gasteiger partial charge < -0.3 is 0 Å². The van der Waals surface area contributed by atoms with Crippen LogP contribution in [0.1, 0.15) is 5.56 Å². The number of nitro groups is 1. The number of hydrogen-bond donors (Lipinski definition) is 2. The Hall–Kier alpha value is -3.40. The van der Waals surface area contributed by atoms with Gasteiger partial charge in [-0.3, -0.25) is 20.3 Å². The number of anilines is 2. The van der Waals surface area contributed by atoms with Crippen LogP contribution in [0.4, 0.5) is 17.1 Å². The predicted octanol–water partition coefficient (Wildman–Crippen LogP) is 5.73. The topological polar surface area (TPSA) is 114 Å². The Morgan fingerprint density at radius 1 is 1.03 bits per heavy atom. The van der Waals surface area contributed by atoms with Gasteiger partial charge in [-0.2, -0.15) is 5.10 Å². The van der Waals surface area contributed by atoms with E-state index in [2.05, 4.69) is 15.2 Å². The van der Waals surface area contributed by atoms with Gasteiger partial charge in [0.05, 0.1) is 26.8 Å². The maximum atomic E-state index is 12.6. The zero-order valence-corrected chi connectivity index (χ0v) is 18.6. The highest BCUT2D eigenvalue weighted by Gasteiger charge is 2.21. The molecule has 0 atom stereocenters. The van der Waals surface area contributed by atoms with Crippen LogP contribution in [0.3, 0.4) is 0 Å². The second kappa shape index (κ2) is 10.3. The smallest absolute Gasteiger partial charge is 0.280 e. The van der Waals surface area contributed by atoms with Crippen molar-refractivity contribution in [1.82, 2.24) is 0 Å². The molecule has 0 saturated carbocycles. The number of benzene rings is 3. The van der Waals surface area contributed by atoms with Gasteiger partial charge >= 0.3 is 0 Å². The third-order valence-corrected chi connectivity index (χ3v) is 5.85. The number of nitrogens with zero attached hydrogens (tertiary/aromatic N) is 2. The fraction of sp³-hybridized carbons (Fsp3) is 0. The molecule has 0 radical (unpaired) electrons. The number of hydrazone groups is 1. The summed E-state index contributed by atoms with van der Waals surface area (Å²) in [5.41, 5.74) is 3.13. The van der Waals surface area contributed by atoms with Crippen molar-refractivity contribution >= 4 is 62.6 Å². The van der Waals surface area contributed by atoms with E-state index >= 15 is 0 Å². The Morgan fingerprint density at radius 2 is 1.78 bits per heavy atom. The average molecular weight is 491 g/mol. The molecular formula is C21H16Cl2N4O4S. The van der Waals surface area contributed by atoms with Gasteiger partial charge in [0.1, 0.15) is 5.69 Å². The number of nitro benzene ring substituents is 1. The SMILES string of the molecule is O=[N+]([O-])c1cc(S(=O)(=O)Nc2cccc(Cl)c2)ccc1NN=CC(Cl)=Cc1ccccc1. The molecule has 32 heavy (non-hydrogen) atoms. The molecule has 0 heterocycles. The van der Waals surface area contributed by atoms with Crippen LogP contribution in [0.2, 0.25) is 5.02 Å². The van der Waals surface area contributed by atoms with Gasteiger partial charge in [-0.15, -0.1) is 0 Å². The molecule has 11 heteroatoms. The van der Waals surface area contributed by atoms with Gasteiger partial charge in [0.25, 0.3) is 15.7 Å². The molecule has 3 rings (SSSR count). The van der Waals surface area contributed by atoms with Crippen molar-refractivity contribution in [1.29, 1.82) is 0 Å². The highest BCUT2D eigenvalue weighted by atomic mass is 35.5. The standard InChI is InChI=1S/C21H16Cl2N4O4S/c22-16-7-4-8-18(12-16)26-32(30,31)19-9-10-20(21(13-19)27(28)29)25-24-14-17(23)11-15-5-2-1-3-6-15/h1-14,25-26H. The monoisotopic (exact) mass is 490 g/mol. The predicted molar refractivity (Wildman–Crippen MR) is 128 cm³/mol. The van der Waals surface area contributed by atoms with Crippen LogP contribution < -0.4 is 10.1 Å². The van der Waals surface area contributed by atoms with E-state index in [1.165, 1.54) is 30.5 Å². The molecule has 8 nitrogen and oxygen atoms in total. The molecule has 3 aromatic rings. The van der Waals surface area contributed by atoms with Crippen LogP contribution in [-0.2, 0) is 10.0 Å². The number of allylic oxidation sites excluding steroid dienone is 1. The van der Waals surface area contributed by atoms with Gasteiger partial charge in [-0.25, -0.2) is 8.42 Å². The summed E-state index contributed by atoms with van der Waals surface area (Å²) in [5.74, 6) is 0. The van der Waals surface area contributed by atoms with Gasteiger partial charge in [0.2, 0.25) is 0 Å². The van der Waals surface area contributed by atoms with E-state index in [1.807, 2.05) is 30.3 Å². The molecule has 0 bridgehead atoms. The molecule has 0 fully saturated rings. The normalized spacial score (nSPS) is 12.0. The van der Waals surface area contributed by atoms with E-state index in [9.17, 15) is 18.5 Å². The maximum Gasteiger partial charge on any atom is 0.295 e. The van der Waals surface area contributed by atoms with Crippen LogP contribution in [0.15, 0.2) is 87.8 Å². The number of hydrogen-bond acceptors (Lipinski definition) is 6. The first-order chi connectivity index (χ1) is 15.2. The van der Waals surface area contributed by atoms with Crippen molar-refractivity contribution in [3.05, 3.63) is 98.5 Å². The third kappa shape index (κ3) is 6.30. The van der Waals surface area contributed by atoms with E-state index in [0.717, 1.165) is 11.6 Å². The Labute approximate surface area is 194 Å². The van der Waals surface area contributed by atoms with Gasteiger partial charge in [-0.05, 0) is 42.0 Å². The Kier molecular flexibility index (Phi) is 7.47. The molecule has 0 aliphatic rings. The van der Waals surface area contributed by atoms with E-state index in [1.54, 1.807) is 18.2 Å². The molecule has 164 valence electrons. The maximum absolute atomic E-state index is 12.6. The first kappa shape index (κ1) is 23.3. The summed E-state index contributed by atoms with van der Waals surface area (Å²) in [4.78, 5) is 10.5. The molecule has 3 aromatic carbocycles. The van der Waals surface area contributed by atoms with Crippen LogP contribution in [0.5, 0.6) is 0 Å². The molecule has 0 aromatic heterocycles. The fourth-order valence-corrected chi connectivity index (χ4v) is 4.03. The summed E-state index contributed by atoms with van der Waals surface area (Å²) in [6, 6.07) is 18.8. The molecule has 0 aliphatic heterocycles. The van der Waals surface area contributed by atoms with E-state index in [4.69, 9.17) is 23.2 Å². The lowest BCUT2D eigenvalue weighted by Gasteiger charge is -2.09. The van der Waals surface area contributed by atoms with E-state index in [0.29, 0.717) is 5.02 Å². The molecule has 2 N–H and O–H groups in total. The minimum absolute atomic E-state index is 0.00265. The van der Waals surface area contributed by atoms with Crippen molar-refractivity contribution in [2.24, 2.45) is 5.10 Å². The molecule has 0 aliphatic carbocycles. The van der Waals surface area contributed by atoms with Crippen LogP contribution in [0, 0.1) is 10.1 Å². The van der Waals surface area contributed by atoms with Gasteiger partial charge in [-0.1, -0.05) is 59.6 Å². The van der Waals surface area contributed by atoms with Crippen LogP contribution >= 0.6 is 23.2 Å². The quantitative estimate of drug-likeness (QED) is 0.238. The van der Waals surface area contributed by atoms with Gasteiger partial charge in [0, 0.05) is 11.1 Å². The number of sulfonamides is 1. The number of halogens is 2. The Balaban J connectivity index is 1.80. The largest absolute Gasteiger partial charge is 0.295 e. The summed E-state index contributed by atoms with van der Waals surface area (Å²) in [7, 11) is -4.08. The molecule has 0 amide bonds. The molecule has 0 spiro atoms. The zero-order chi connectivity index (χ0) is 23.1. The highest BCUT2D eigenvalue weighted by molar-refractivity contribution is 7.92. The lowest BCUT2D eigenvalue weighted by atomic mass is 10.2. The Morgan fingerprint density at radius 3 is 2.47 bits per heavy atom. The van der Waals surface area contributed by atoms with Crippen molar-refractivity contribution in [3.63, 3.8) is 0 Å². The van der Waals surface area contributed by atoms with Crippen LogP contribution in [-0.4, -0.2) is 19.6 Å². The van der Waals surface area contributed by atoms with E-state index in [-0.39, 0.29) is 21.3 Å². The summed E-state index contributed by atoms with van der Waals surface area (Å²) in [5, 5.41) is 16.0. The summed E-state index contributed by atoms with van der Waals surface area (Å²) in [6.45, 7) is 0. The van der Waals surface area contributed by atoms with Crippen molar-refractivity contribution < 1.29 is 13.3 Å². The summed E-state index contributed by atoms with van der Waals surface area (Å²) < 4.78 is 27.6. The Bertz CT molecular complexity index is 1300.